The van der Waals surface area contributed by atoms with E-state index in [2.05, 4.69) is 0 Å². The van der Waals surface area contributed by atoms with Gasteiger partial charge in [-0.1, -0.05) is 11.6 Å². The average Bonchev–Trinajstić information content (AvgIpc) is 2.61. The lowest BCUT2D eigenvalue weighted by molar-refractivity contribution is -0.0551. The Morgan fingerprint density at radius 3 is 2.53 bits per heavy atom. The van der Waals surface area contributed by atoms with Gasteiger partial charge in [-0.3, -0.25) is 0 Å². The van der Waals surface area contributed by atoms with E-state index in [0.717, 1.165) is 5.57 Å². The number of fused-ring (bicyclic) bond motifs is 1. The summed E-state index contributed by atoms with van der Waals surface area (Å²) < 4.78 is 4.69. The van der Waals surface area contributed by atoms with E-state index in [0.29, 0.717) is 12.0 Å². The van der Waals surface area contributed by atoms with Crippen LogP contribution in [0.4, 0.5) is 0 Å². The lowest BCUT2D eigenvalue weighted by atomic mass is 9.94. The number of esters is 1. The maximum absolute atomic E-state index is 11.6. The number of ether oxygens (including phenoxy) is 1. The molecule has 0 aromatic heterocycles. The summed E-state index contributed by atoms with van der Waals surface area (Å²) in [5, 5.41) is 29.7. The largest absolute Gasteiger partial charge is 0.507 e. The lowest BCUT2D eigenvalue weighted by Crippen LogP contribution is -2.01. The van der Waals surface area contributed by atoms with Crippen molar-refractivity contribution in [1.29, 1.82) is 0 Å². The first-order chi connectivity index (χ1) is 8.84. The van der Waals surface area contributed by atoms with Gasteiger partial charge in [0.1, 0.15) is 17.1 Å². The number of rotatable bonds is 2. The number of aliphatic hydroxyl groups excluding tert-OH is 1. The Labute approximate surface area is 110 Å². The van der Waals surface area contributed by atoms with Gasteiger partial charge in [-0.2, -0.15) is 0 Å². The van der Waals surface area contributed by atoms with Gasteiger partial charge in [0.25, 0.3) is 0 Å². The molecule has 0 aliphatic carbocycles. The Kier molecular flexibility index (Phi) is 3.24. The highest BCUT2D eigenvalue weighted by atomic mass is 16.6. The fraction of sp³-hybridized carbons (Fsp3) is 0.357. The Hall–Kier alpha value is -2.01. The van der Waals surface area contributed by atoms with Gasteiger partial charge in [-0.15, -0.1) is 0 Å². The quantitative estimate of drug-likeness (QED) is 0.562. The minimum Gasteiger partial charge on any atom is -0.507 e. The summed E-state index contributed by atoms with van der Waals surface area (Å²) in [5.74, 6) is -1.23. The van der Waals surface area contributed by atoms with Crippen LogP contribution < -0.4 is 0 Å². The number of carbonyl (C=O) groups excluding carboxylic acids is 1. The van der Waals surface area contributed by atoms with Crippen LogP contribution in [-0.2, 0) is 11.2 Å². The summed E-state index contributed by atoms with van der Waals surface area (Å²) >= 11 is 0. The molecule has 5 heteroatoms. The predicted octanol–water partition coefficient (Wildman–Crippen LogP) is 2.08. The van der Waals surface area contributed by atoms with E-state index in [1.165, 1.54) is 6.92 Å². The highest BCUT2D eigenvalue weighted by Crippen LogP contribution is 2.44. The van der Waals surface area contributed by atoms with E-state index in [1.807, 2.05) is 19.9 Å². The SMILES string of the molecule is CC(C)=CCc1c(O)c(C)c(O)c2c1C(O)OC2=O. The van der Waals surface area contributed by atoms with Crippen molar-refractivity contribution < 1.29 is 24.9 Å². The average molecular weight is 264 g/mol. The summed E-state index contributed by atoms with van der Waals surface area (Å²) in [6.07, 6.45) is 0.771. The van der Waals surface area contributed by atoms with E-state index in [9.17, 15) is 20.1 Å². The Morgan fingerprint density at radius 1 is 1.32 bits per heavy atom. The van der Waals surface area contributed by atoms with Crippen LogP contribution in [0.25, 0.3) is 0 Å². The van der Waals surface area contributed by atoms with Crippen molar-refractivity contribution in [2.24, 2.45) is 0 Å². The van der Waals surface area contributed by atoms with Crippen molar-refractivity contribution >= 4 is 5.97 Å². The Bertz CT molecular complexity index is 582. The fourth-order valence-corrected chi connectivity index (χ4v) is 2.14. The zero-order valence-corrected chi connectivity index (χ0v) is 11.0. The topological polar surface area (TPSA) is 87.0 Å². The highest BCUT2D eigenvalue weighted by molar-refractivity contribution is 5.98. The molecule has 1 aliphatic heterocycles. The van der Waals surface area contributed by atoms with E-state index in [1.54, 1.807) is 0 Å². The molecule has 0 amide bonds. The van der Waals surface area contributed by atoms with Crippen LogP contribution in [-0.4, -0.2) is 21.3 Å². The maximum Gasteiger partial charge on any atom is 0.345 e. The number of benzene rings is 1. The molecule has 1 aliphatic rings. The second-order valence-electron chi connectivity index (χ2n) is 4.83. The smallest absolute Gasteiger partial charge is 0.345 e. The number of hydrogen-bond donors (Lipinski definition) is 3. The normalized spacial score (nSPS) is 17.1. The van der Waals surface area contributed by atoms with Crippen LogP contribution in [0.5, 0.6) is 11.5 Å². The van der Waals surface area contributed by atoms with Gasteiger partial charge in [-0.05, 0) is 27.2 Å². The molecule has 1 heterocycles. The molecule has 19 heavy (non-hydrogen) atoms. The zero-order valence-electron chi connectivity index (χ0n) is 11.0. The molecule has 0 spiro atoms. The van der Waals surface area contributed by atoms with Crippen LogP contribution in [0.15, 0.2) is 11.6 Å². The van der Waals surface area contributed by atoms with E-state index < -0.39 is 12.3 Å². The number of allylic oxidation sites excluding steroid dienone is 2. The third kappa shape index (κ3) is 2.06. The molecule has 0 radical (unpaired) electrons. The Morgan fingerprint density at radius 2 is 1.95 bits per heavy atom. The molecule has 5 nitrogen and oxygen atoms in total. The van der Waals surface area contributed by atoms with Gasteiger partial charge in [0.05, 0.1) is 0 Å². The van der Waals surface area contributed by atoms with Crippen molar-refractivity contribution in [3.8, 4) is 11.5 Å². The molecule has 1 aromatic carbocycles. The van der Waals surface area contributed by atoms with Crippen molar-refractivity contribution in [3.05, 3.63) is 33.9 Å². The van der Waals surface area contributed by atoms with E-state index in [-0.39, 0.29) is 28.2 Å². The van der Waals surface area contributed by atoms with Gasteiger partial charge in [0, 0.05) is 16.7 Å². The van der Waals surface area contributed by atoms with Gasteiger partial charge in [0.15, 0.2) is 0 Å². The number of carbonyl (C=O) groups is 1. The van der Waals surface area contributed by atoms with Crippen LogP contribution >= 0.6 is 0 Å². The molecule has 1 atom stereocenters. The molecule has 0 saturated carbocycles. The molecule has 102 valence electrons. The molecule has 1 unspecified atom stereocenters. The monoisotopic (exact) mass is 264 g/mol. The molecule has 3 N–H and O–H groups in total. The number of aromatic hydroxyl groups is 2. The molecule has 0 bridgehead atoms. The minimum atomic E-state index is -1.44. The molecular weight excluding hydrogens is 248 g/mol. The minimum absolute atomic E-state index is 0.0556. The van der Waals surface area contributed by atoms with Crippen molar-refractivity contribution in [1.82, 2.24) is 0 Å². The van der Waals surface area contributed by atoms with Crippen LogP contribution in [0.3, 0.4) is 0 Å². The second kappa shape index (κ2) is 4.59. The summed E-state index contributed by atoms with van der Waals surface area (Å²) in [6, 6.07) is 0. The second-order valence-corrected chi connectivity index (χ2v) is 4.83. The maximum atomic E-state index is 11.6. The summed E-state index contributed by atoms with van der Waals surface area (Å²) in [7, 11) is 0. The molecule has 2 rings (SSSR count). The van der Waals surface area contributed by atoms with Crippen molar-refractivity contribution in [2.75, 3.05) is 0 Å². The fourth-order valence-electron chi connectivity index (χ4n) is 2.14. The van der Waals surface area contributed by atoms with Crippen molar-refractivity contribution in [3.63, 3.8) is 0 Å². The number of hydrogen-bond acceptors (Lipinski definition) is 5. The number of aliphatic hydroxyl groups is 1. The first kappa shape index (κ1) is 13.4. The summed E-state index contributed by atoms with van der Waals surface area (Å²) in [5.41, 5.74) is 1.76. The highest BCUT2D eigenvalue weighted by Gasteiger charge is 2.37. The van der Waals surface area contributed by atoms with Crippen LogP contribution in [0.1, 0.15) is 47.2 Å². The number of phenols is 2. The predicted molar refractivity (Wildman–Crippen MR) is 68.0 cm³/mol. The third-order valence-electron chi connectivity index (χ3n) is 3.21. The first-order valence-corrected chi connectivity index (χ1v) is 5.94. The van der Waals surface area contributed by atoms with Gasteiger partial charge in [-0.25, -0.2) is 4.79 Å². The lowest BCUT2D eigenvalue weighted by Gasteiger charge is -2.14. The number of cyclic esters (lactones) is 1. The van der Waals surface area contributed by atoms with Crippen LogP contribution in [0.2, 0.25) is 0 Å². The van der Waals surface area contributed by atoms with E-state index >= 15 is 0 Å². The van der Waals surface area contributed by atoms with Crippen molar-refractivity contribution in [2.45, 2.75) is 33.5 Å². The first-order valence-electron chi connectivity index (χ1n) is 5.94. The Balaban J connectivity index is 2.70. The van der Waals surface area contributed by atoms with Crippen LogP contribution in [0, 0.1) is 6.92 Å². The molecule has 0 fully saturated rings. The van der Waals surface area contributed by atoms with E-state index in [4.69, 9.17) is 4.74 Å². The van der Waals surface area contributed by atoms with Gasteiger partial charge < -0.3 is 20.1 Å². The molecular formula is C14H16O5. The number of phenolic OH excluding ortho intramolecular Hbond substituents is 2. The molecule has 0 saturated heterocycles. The summed E-state index contributed by atoms with van der Waals surface area (Å²) in [6.45, 7) is 5.32. The third-order valence-corrected chi connectivity index (χ3v) is 3.21. The summed E-state index contributed by atoms with van der Waals surface area (Å²) in [4.78, 5) is 11.6. The standard InChI is InChI=1S/C14H16O5/c1-6(2)4-5-8-9-10(14(18)19-13(9)17)12(16)7(3)11(8)15/h4,13,15-17H,5H2,1-3H3. The zero-order chi connectivity index (χ0) is 14.3. The van der Waals surface area contributed by atoms with Gasteiger partial charge >= 0.3 is 5.97 Å². The molecule has 1 aromatic rings. The van der Waals surface area contributed by atoms with Gasteiger partial charge in [0.2, 0.25) is 6.29 Å².